The van der Waals surface area contributed by atoms with Crippen LogP contribution in [0.4, 0.5) is 5.69 Å². The SMILES string of the molecule is COCCNCc1ccc(N2CCSCC2)cc1Cl. The number of hydrogen-bond acceptors (Lipinski definition) is 4. The molecule has 1 N–H and O–H groups in total. The zero-order valence-corrected chi connectivity index (χ0v) is 12.9. The summed E-state index contributed by atoms with van der Waals surface area (Å²) in [6, 6.07) is 6.39. The molecule has 0 aromatic heterocycles. The van der Waals surface area contributed by atoms with Gasteiger partial charge in [0.1, 0.15) is 0 Å². The quantitative estimate of drug-likeness (QED) is 0.816. The second-order valence-corrected chi connectivity index (χ2v) is 6.18. The average molecular weight is 301 g/mol. The number of hydrogen-bond donors (Lipinski definition) is 1. The number of methoxy groups -OCH3 is 1. The third-order valence-electron chi connectivity index (χ3n) is 3.21. The smallest absolute Gasteiger partial charge is 0.0587 e. The van der Waals surface area contributed by atoms with E-state index in [1.807, 2.05) is 11.8 Å². The van der Waals surface area contributed by atoms with Gasteiger partial charge in [-0.25, -0.2) is 0 Å². The van der Waals surface area contributed by atoms with E-state index in [9.17, 15) is 0 Å². The van der Waals surface area contributed by atoms with Gasteiger partial charge in [0.15, 0.2) is 0 Å². The number of ether oxygens (including phenoxy) is 1. The molecular formula is C14H21ClN2OS. The van der Waals surface area contributed by atoms with Crippen LogP contribution in [0.5, 0.6) is 0 Å². The van der Waals surface area contributed by atoms with Gasteiger partial charge < -0.3 is 15.0 Å². The fraction of sp³-hybridized carbons (Fsp3) is 0.571. The molecular weight excluding hydrogens is 280 g/mol. The highest BCUT2D eigenvalue weighted by molar-refractivity contribution is 7.99. The lowest BCUT2D eigenvalue weighted by Crippen LogP contribution is -2.32. The molecule has 1 aromatic rings. The van der Waals surface area contributed by atoms with Crippen molar-refractivity contribution in [1.82, 2.24) is 5.32 Å². The fourth-order valence-corrected chi connectivity index (χ4v) is 3.24. The van der Waals surface area contributed by atoms with E-state index in [0.717, 1.165) is 43.4 Å². The van der Waals surface area contributed by atoms with Crippen molar-refractivity contribution < 1.29 is 4.74 Å². The predicted molar refractivity (Wildman–Crippen MR) is 84.6 cm³/mol. The van der Waals surface area contributed by atoms with Crippen LogP contribution >= 0.6 is 23.4 Å². The highest BCUT2D eigenvalue weighted by atomic mass is 35.5. The van der Waals surface area contributed by atoms with Crippen molar-refractivity contribution in [1.29, 1.82) is 0 Å². The van der Waals surface area contributed by atoms with Gasteiger partial charge in [0.2, 0.25) is 0 Å². The maximum absolute atomic E-state index is 6.36. The van der Waals surface area contributed by atoms with Crippen molar-refractivity contribution in [2.24, 2.45) is 0 Å². The summed E-state index contributed by atoms with van der Waals surface area (Å²) in [5.74, 6) is 2.41. The van der Waals surface area contributed by atoms with Gasteiger partial charge in [-0.3, -0.25) is 0 Å². The van der Waals surface area contributed by atoms with Crippen LogP contribution in [-0.2, 0) is 11.3 Å². The summed E-state index contributed by atoms with van der Waals surface area (Å²) in [4.78, 5) is 2.41. The highest BCUT2D eigenvalue weighted by Gasteiger charge is 2.12. The summed E-state index contributed by atoms with van der Waals surface area (Å²) >= 11 is 8.38. The number of thioether (sulfide) groups is 1. The second-order valence-electron chi connectivity index (χ2n) is 4.54. The van der Waals surface area contributed by atoms with Crippen molar-refractivity contribution in [2.75, 3.05) is 49.8 Å². The van der Waals surface area contributed by atoms with Crippen LogP contribution in [0.3, 0.4) is 0 Å². The van der Waals surface area contributed by atoms with Crippen LogP contribution in [0.2, 0.25) is 5.02 Å². The molecule has 5 heteroatoms. The van der Waals surface area contributed by atoms with Crippen LogP contribution < -0.4 is 10.2 Å². The summed E-state index contributed by atoms with van der Waals surface area (Å²) in [7, 11) is 1.71. The first-order chi connectivity index (χ1) is 9.31. The highest BCUT2D eigenvalue weighted by Crippen LogP contribution is 2.25. The molecule has 0 atom stereocenters. The van der Waals surface area contributed by atoms with Crippen molar-refractivity contribution >= 4 is 29.1 Å². The van der Waals surface area contributed by atoms with E-state index < -0.39 is 0 Å². The minimum atomic E-state index is 0.723. The van der Waals surface area contributed by atoms with Gasteiger partial charge >= 0.3 is 0 Å². The van der Waals surface area contributed by atoms with Gasteiger partial charge in [0.05, 0.1) is 6.61 Å². The fourth-order valence-electron chi connectivity index (χ4n) is 2.10. The van der Waals surface area contributed by atoms with E-state index in [0.29, 0.717) is 0 Å². The van der Waals surface area contributed by atoms with Crippen LogP contribution in [0, 0.1) is 0 Å². The molecule has 1 heterocycles. The Morgan fingerprint density at radius 3 is 2.84 bits per heavy atom. The normalized spacial score (nSPS) is 15.8. The zero-order chi connectivity index (χ0) is 13.5. The summed E-state index contributed by atoms with van der Waals surface area (Å²) in [5, 5.41) is 4.16. The van der Waals surface area contributed by atoms with E-state index in [1.165, 1.54) is 17.2 Å². The maximum Gasteiger partial charge on any atom is 0.0587 e. The molecule has 1 aromatic carbocycles. The van der Waals surface area contributed by atoms with Crippen LogP contribution in [0.1, 0.15) is 5.56 Å². The lowest BCUT2D eigenvalue weighted by Gasteiger charge is -2.28. The minimum absolute atomic E-state index is 0.723. The third kappa shape index (κ3) is 4.56. The summed E-state index contributed by atoms with van der Waals surface area (Å²) in [6.07, 6.45) is 0. The van der Waals surface area contributed by atoms with E-state index in [4.69, 9.17) is 16.3 Å². The molecule has 0 radical (unpaired) electrons. The third-order valence-corrected chi connectivity index (χ3v) is 4.51. The number of nitrogens with one attached hydrogen (secondary N) is 1. The number of benzene rings is 1. The molecule has 0 unspecified atom stereocenters. The van der Waals surface area contributed by atoms with E-state index >= 15 is 0 Å². The van der Waals surface area contributed by atoms with Gasteiger partial charge in [0, 0.05) is 55.5 Å². The Bertz CT molecular complexity index is 397. The summed E-state index contributed by atoms with van der Waals surface area (Å²) in [6.45, 7) is 4.59. The molecule has 1 fully saturated rings. The van der Waals surface area contributed by atoms with E-state index in [1.54, 1.807) is 7.11 Å². The molecule has 19 heavy (non-hydrogen) atoms. The average Bonchev–Trinajstić information content (AvgIpc) is 2.46. The molecule has 0 amide bonds. The van der Waals surface area contributed by atoms with Crippen LogP contribution in [0.15, 0.2) is 18.2 Å². The number of nitrogens with zero attached hydrogens (tertiary/aromatic N) is 1. The lowest BCUT2D eigenvalue weighted by molar-refractivity contribution is 0.199. The van der Waals surface area contributed by atoms with E-state index in [2.05, 4.69) is 28.4 Å². The van der Waals surface area contributed by atoms with Crippen LogP contribution in [-0.4, -0.2) is 44.9 Å². The van der Waals surface area contributed by atoms with Crippen molar-refractivity contribution in [3.05, 3.63) is 28.8 Å². The van der Waals surface area contributed by atoms with E-state index in [-0.39, 0.29) is 0 Å². The predicted octanol–water partition coefficient (Wildman–Crippen LogP) is 2.63. The molecule has 0 aliphatic carbocycles. The van der Waals surface area contributed by atoms with Gasteiger partial charge in [-0.15, -0.1) is 0 Å². The summed E-state index contributed by atoms with van der Waals surface area (Å²) in [5.41, 5.74) is 2.39. The van der Waals surface area contributed by atoms with Gasteiger partial charge in [-0.05, 0) is 17.7 Å². The molecule has 0 bridgehead atoms. The first kappa shape index (κ1) is 15.0. The zero-order valence-electron chi connectivity index (χ0n) is 11.3. The molecule has 1 saturated heterocycles. The topological polar surface area (TPSA) is 24.5 Å². The number of anilines is 1. The summed E-state index contributed by atoms with van der Waals surface area (Å²) < 4.78 is 5.00. The maximum atomic E-state index is 6.36. The standard InChI is InChI=1S/C14H21ClN2OS/c1-18-7-4-16-11-12-2-3-13(10-14(12)15)17-5-8-19-9-6-17/h2-3,10,16H,4-9,11H2,1H3. The van der Waals surface area contributed by atoms with Crippen LogP contribution in [0.25, 0.3) is 0 Å². The Labute approximate surface area is 124 Å². The Morgan fingerprint density at radius 1 is 1.37 bits per heavy atom. The monoisotopic (exact) mass is 300 g/mol. The Kier molecular flexibility index (Phi) is 6.31. The van der Waals surface area contributed by atoms with Gasteiger partial charge in [-0.1, -0.05) is 17.7 Å². The molecule has 2 rings (SSSR count). The lowest BCUT2D eigenvalue weighted by atomic mass is 10.2. The molecule has 0 spiro atoms. The first-order valence-corrected chi connectivity index (χ1v) is 8.15. The molecule has 1 aliphatic rings. The van der Waals surface area contributed by atoms with Gasteiger partial charge in [0.25, 0.3) is 0 Å². The molecule has 1 aliphatic heterocycles. The first-order valence-electron chi connectivity index (χ1n) is 6.62. The van der Waals surface area contributed by atoms with Gasteiger partial charge in [-0.2, -0.15) is 11.8 Å². The Balaban J connectivity index is 1.92. The molecule has 0 saturated carbocycles. The van der Waals surface area contributed by atoms with Crippen molar-refractivity contribution in [2.45, 2.75) is 6.54 Å². The number of rotatable bonds is 6. The Hall–Kier alpha value is -0.420. The number of halogens is 1. The minimum Gasteiger partial charge on any atom is -0.383 e. The van der Waals surface area contributed by atoms with Crippen molar-refractivity contribution in [3.8, 4) is 0 Å². The van der Waals surface area contributed by atoms with Crippen molar-refractivity contribution in [3.63, 3.8) is 0 Å². The molecule has 106 valence electrons. The largest absolute Gasteiger partial charge is 0.383 e. The Morgan fingerprint density at radius 2 is 2.16 bits per heavy atom. The second kappa shape index (κ2) is 8.00. The molecule has 3 nitrogen and oxygen atoms in total.